The van der Waals surface area contributed by atoms with Crippen LogP contribution in [0.2, 0.25) is 0 Å². The first kappa shape index (κ1) is 15.9. The van der Waals surface area contributed by atoms with Crippen molar-refractivity contribution >= 4 is 10.4 Å². The van der Waals surface area contributed by atoms with Gasteiger partial charge in [-0.1, -0.05) is 4.33 Å². The standard InChI is InChI=1S/2Fe.H2O5S/c;;1-5-6(2,3)4/h;;1H,(H,2,3,4). The summed E-state index contributed by atoms with van der Waals surface area (Å²) in [6, 6.07) is 0. The van der Waals surface area contributed by atoms with Gasteiger partial charge in [0.05, 0.1) is 0 Å². The van der Waals surface area contributed by atoms with Crippen molar-refractivity contribution in [2.75, 3.05) is 0 Å². The van der Waals surface area contributed by atoms with Gasteiger partial charge in [0, 0.05) is 34.1 Å². The minimum absolute atomic E-state index is 0. The summed E-state index contributed by atoms with van der Waals surface area (Å²) >= 11 is 0. The Morgan fingerprint density at radius 1 is 1.25 bits per heavy atom. The molecule has 0 aromatic carbocycles. The van der Waals surface area contributed by atoms with Crippen LogP contribution in [0.4, 0.5) is 0 Å². The summed E-state index contributed by atoms with van der Waals surface area (Å²) in [6.45, 7) is 0. The molecule has 0 aromatic heterocycles. The third-order valence-electron chi connectivity index (χ3n) is 0.0942. The van der Waals surface area contributed by atoms with Gasteiger partial charge in [0.15, 0.2) is 0 Å². The summed E-state index contributed by atoms with van der Waals surface area (Å²) in [4.78, 5) is 0. The Morgan fingerprint density at radius 3 is 1.38 bits per heavy atom. The van der Waals surface area contributed by atoms with Crippen molar-refractivity contribution in [2.45, 2.75) is 0 Å². The topological polar surface area (TPSA) is 83.8 Å². The van der Waals surface area contributed by atoms with Crippen molar-refractivity contribution < 1.29 is 56.7 Å². The molecule has 8 heteroatoms. The van der Waals surface area contributed by atoms with Crippen LogP contribution in [-0.2, 0) is 48.9 Å². The van der Waals surface area contributed by atoms with Crippen molar-refractivity contribution in [1.29, 1.82) is 0 Å². The summed E-state index contributed by atoms with van der Waals surface area (Å²) in [6.07, 6.45) is 0. The van der Waals surface area contributed by atoms with Crippen molar-refractivity contribution in [3.8, 4) is 0 Å². The van der Waals surface area contributed by atoms with Gasteiger partial charge in [-0.2, -0.15) is 8.42 Å². The molecule has 0 saturated heterocycles. The second-order valence-corrected chi connectivity index (χ2v) is 1.51. The molecule has 0 unspecified atom stereocenters. The molecule has 0 aromatic rings. The summed E-state index contributed by atoms with van der Waals surface area (Å²) in [5.41, 5.74) is 0. The summed E-state index contributed by atoms with van der Waals surface area (Å²) < 4.78 is 28.0. The molecule has 8 heavy (non-hydrogen) atoms. The van der Waals surface area contributed by atoms with E-state index in [9.17, 15) is 0 Å². The summed E-state index contributed by atoms with van der Waals surface area (Å²) in [7, 11) is -4.61. The van der Waals surface area contributed by atoms with Gasteiger partial charge in [-0.05, 0) is 0 Å². The maximum atomic E-state index is 9.08. The molecule has 2 N–H and O–H groups in total. The normalized spacial score (nSPS) is 8.75. The number of hydrogen-bond donors (Lipinski definition) is 2. The minimum Gasteiger partial charge on any atom is -0.262 e. The molecule has 0 aliphatic carbocycles. The molecule has 0 radical (unpaired) electrons. The Hall–Kier alpha value is 0.869. The quantitative estimate of drug-likeness (QED) is 0.266. The van der Waals surface area contributed by atoms with Crippen LogP contribution in [0, 0.1) is 0 Å². The molecule has 0 atom stereocenters. The predicted molar refractivity (Wildman–Crippen MR) is 15.3 cm³/mol. The molecule has 0 aliphatic heterocycles. The molecule has 0 rings (SSSR count). The maximum absolute atomic E-state index is 9.08. The third kappa shape index (κ3) is 15.8. The van der Waals surface area contributed by atoms with E-state index < -0.39 is 10.4 Å². The Morgan fingerprint density at radius 2 is 1.38 bits per heavy atom. The van der Waals surface area contributed by atoms with Gasteiger partial charge in [0.2, 0.25) is 0 Å². The zero-order chi connectivity index (χ0) is 5.21. The van der Waals surface area contributed by atoms with E-state index in [1.165, 1.54) is 0 Å². The molecule has 0 spiro atoms. The van der Waals surface area contributed by atoms with E-state index in [2.05, 4.69) is 4.33 Å². The van der Waals surface area contributed by atoms with Crippen LogP contribution in [0.1, 0.15) is 0 Å². The van der Waals surface area contributed by atoms with Gasteiger partial charge in [-0.15, -0.1) is 0 Å². The Kier molecular flexibility index (Phi) is 11.9. The van der Waals surface area contributed by atoms with Crippen molar-refractivity contribution in [1.82, 2.24) is 0 Å². The fourth-order valence-electron chi connectivity index (χ4n) is 0. The first-order chi connectivity index (χ1) is 2.56. The van der Waals surface area contributed by atoms with E-state index in [-0.39, 0.29) is 34.1 Å². The molecule has 5 nitrogen and oxygen atoms in total. The van der Waals surface area contributed by atoms with Crippen LogP contribution in [0.5, 0.6) is 0 Å². The van der Waals surface area contributed by atoms with Crippen LogP contribution < -0.4 is 0 Å². The monoisotopic (exact) mass is 226 g/mol. The van der Waals surface area contributed by atoms with Gasteiger partial charge in [0.25, 0.3) is 0 Å². The van der Waals surface area contributed by atoms with Gasteiger partial charge in [-0.25, -0.2) is 5.26 Å². The zero-order valence-electron chi connectivity index (χ0n) is 3.23. The average molecular weight is 226 g/mol. The van der Waals surface area contributed by atoms with Gasteiger partial charge >= 0.3 is 10.4 Å². The van der Waals surface area contributed by atoms with E-state index in [4.69, 9.17) is 18.2 Å². The Labute approximate surface area is 67.2 Å². The second kappa shape index (κ2) is 6.00. The van der Waals surface area contributed by atoms with Crippen LogP contribution in [0.25, 0.3) is 0 Å². The smallest absolute Gasteiger partial charge is 0.262 e. The molecular weight excluding hydrogens is 224 g/mol. The Balaban J connectivity index is -0.000000125. The van der Waals surface area contributed by atoms with Crippen molar-refractivity contribution in [3.05, 3.63) is 0 Å². The average Bonchev–Trinajstić information content (AvgIpc) is 1.35. The molecule has 0 heterocycles. The van der Waals surface area contributed by atoms with Crippen LogP contribution in [0.3, 0.4) is 0 Å². The minimum atomic E-state index is -4.61. The molecule has 0 amide bonds. The zero-order valence-corrected chi connectivity index (χ0v) is 6.26. The van der Waals surface area contributed by atoms with E-state index in [0.29, 0.717) is 0 Å². The molecule has 0 fully saturated rings. The Bertz CT molecular complexity index is 112. The van der Waals surface area contributed by atoms with Crippen LogP contribution in [0.15, 0.2) is 0 Å². The van der Waals surface area contributed by atoms with Crippen molar-refractivity contribution in [3.63, 3.8) is 0 Å². The maximum Gasteiger partial charge on any atom is 0.423 e. The van der Waals surface area contributed by atoms with Crippen LogP contribution in [-0.4, -0.2) is 18.2 Å². The molecule has 0 bridgehead atoms. The van der Waals surface area contributed by atoms with Gasteiger partial charge in [-0.3, -0.25) is 4.55 Å². The van der Waals surface area contributed by atoms with Crippen LogP contribution >= 0.6 is 0 Å². The van der Waals surface area contributed by atoms with Crippen molar-refractivity contribution in [2.24, 2.45) is 0 Å². The predicted octanol–water partition coefficient (Wildman–Crippen LogP) is -0.726. The molecular formula is H2Fe2O5S. The molecule has 0 aliphatic rings. The van der Waals surface area contributed by atoms with Gasteiger partial charge < -0.3 is 0 Å². The number of hydrogen-bond acceptors (Lipinski definition) is 4. The fourth-order valence-corrected chi connectivity index (χ4v) is 0. The largest absolute Gasteiger partial charge is 0.423 e. The number of rotatable bonds is 1. The van der Waals surface area contributed by atoms with E-state index in [1.807, 2.05) is 0 Å². The first-order valence-electron chi connectivity index (χ1n) is 0.865. The van der Waals surface area contributed by atoms with E-state index >= 15 is 0 Å². The first-order valence-corrected chi connectivity index (χ1v) is 2.23. The van der Waals surface area contributed by atoms with Gasteiger partial charge in [0.1, 0.15) is 0 Å². The molecule has 54 valence electrons. The second-order valence-electron chi connectivity index (χ2n) is 0.502. The summed E-state index contributed by atoms with van der Waals surface area (Å²) in [5.74, 6) is 0. The fraction of sp³-hybridized carbons (Fsp3) is 0. The van der Waals surface area contributed by atoms with E-state index in [0.717, 1.165) is 0 Å². The molecule has 0 saturated carbocycles. The SMILES string of the molecule is O=S(=O)(O)OO.[Fe].[Fe]. The summed E-state index contributed by atoms with van der Waals surface area (Å²) in [5, 5.41) is 7.06. The third-order valence-corrected chi connectivity index (χ3v) is 0.283. The van der Waals surface area contributed by atoms with E-state index in [1.54, 1.807) is 0 Å².